The molecule has 0 bridgehead atoms. The lowest BCUT2D eigenvalue weighted by Gasteiger charge is -2.33. The van der Waals surface area contributed by atoms with Crippen LogP contribution in [0.25, 0.3) is 0 Å². The smallest absolute Gasteiger partial charge is 0.308 e. The largest absolute Gasteiger partial charge is 0.481 e. The second-order valence-electron chi connectivity index (χ2n) is 6.20. The molecule has 23 heavy (non-hydrogen) atoms. The number of carboxylic acids is 1. The summed E-state index contributed by atoms with van der Waals surface area (Å²) in [4.78, 5) is 27.6. The van der Waals surface area contributed by atoms with Gasteiger partial charge in [-0.1, -0.05) is 43.7 Å². The van der Waals surface area contributed by atoms with Gasteiger partial charge in [0, 0.05) is 19.5 Å². The fourth-order valence-corrected chi connectivity index (χ4v) is 3.10. The summed E-state index contributed by atoms with van der Waals surface area (Å²) in [6.07, 6.45) is 0.107. The summed E-state index contributed by atoms with van der Waals surface area (Å²) in [7, 11) is 0. The van der Waals surface area contributed by atoms with E-state index >= 15 is 0 Å². The predicted octanol–water partition coefficient (Wildman–Crippen LogP) is 2.31. The maximum Gasteiger partial charge on any atom is 0.308 e. The molecule has 5 nitrogen and oxygen atoms in total. The number of rotatable bonds is 7. The van der Waals surface area contributed by atoms with Crippen LogP contribution in [0.4, 0.5) is 0 Å². The summed E-state index contributed by atoms with van der Waals surface area (Å²) in [5, 5.41) is 9.22. The fraction of sp³-hybridized carbons (Fsp3) is 0.556. The van der Waals surface area contributed by atoms with Crippen molar-refractivity contribution in [3.63, 3.8) is 0 Å². The molecule has 1 saturated heterocycles. The molecule has 1 N–H and O–H groups in total. The minimum atomic E-state index is -0.883. The van der Waals surface area contributed by atoms with Crippen molar-refractivity contribution in [2.45, 2.75) is 33.2 Å². The third-order valence-corrected chi connectivity index (χ3v) is 4.67. The molecule has 1 heterocycles. The monoisotopic (exact) mass is 318 g/mol. The van der Waals surface area contributed by atoms with Gasteiger partial charge in [-0.15, -0.1) is 0 Å². The Morgan fingerprint density at radius 3 is 2.39 bits per heavy atom. The Labute approximate surface area is 137 Å². The van der Waals surface area contributed by atoms with Crippen molar-refractivity contribution in [1.82, 2.24) is 9.80 Å². The predicted molar refractivity (Wildman–Crippen MR) is 89.2 cm³/mol. The molecule has 1 aliphatic heterocycles. The first-order chi connectivity index (χ1) is 11.0. The lowest BCUT2D eigenvalue weighted by Crippen LogP contribution is -2.39. The van der Waals surface area contributed by atoms with E-state index in [1.165, 1.54) is 5.56 Å². The minimum Gasteiger partial charge on any atom is -0.481 e. The highest BCUT2D eigenvalue weighted by Crippen LogP contribution is 2.30. The molecule has 1 fully saturated rings. The third kappa shape index (κ3) is 4.10. The van der Waals surface area contributed by atoms with Gasteiger partial charge in [0.05, 0.1) is 12.0 Å². The van der Waals surface area contributed by atoms with Crippen LogP contribution in [0.3, 0.4) is 0 Å². The summed E-state index contributed by atoms with van der Waals surface area (Å²) in [5.41, 5.74) is 2.24. The van der Waals surface area contributed by atoms with Crippen molar-refractivity contribution >= 4 is 11.9 Å². The highest BCUT2D eigenvalue weighted by atomic mass is 16.4. The van der Waals surface area contributed by atoms with E-state index in [1.54, 1.807) is 4.90 Å². The van der Waals surface area contributed by atoms with E-state index in [0.717, 1.165) is 25.2 Å². The van der Waals surface area contributed by atoms with E-state index in [9.17, 15) is 14.7 Å². The van der Waals surface area contributed by atoms with E-state index < -0.39 is 11.9 Å². The molecule has 2 atom stereocenters. The van der Waals surface area contributed by atoms with Gasteiger partial charge in [0.25, 0.3) is 0 Å². The Hall–Kier alpha value is -1.88. The molecule has 1 aliphatic rings. The Bertz CT molecular complexity index is 552. The van der Waals surface area contributed by atoms with E-state index in [-0.39, 0.29) is 18.4 Å². The number of carbonyl (C=O) groups excluding carboxylic acids is 1. The van der Waals surface area contributed by atoms with Crippen LogP contribution in [0.2, 0.25) is 0 Å². The molecule has 0 aromatic heterocycles. The molecule has 1 aromatic carbocycles. The van der Waals surface area contributed by atoms with Crippen molar-refractivity contribution in [1.29, 1.82) is 0 Å². The standard InChI is InChI=1S/C18H26N2O3/c1-4-19(5-2)12-16(14-8-6-13(3)7-9-14)20-11-15(18(22)23)10-17(20)21/h6-9,15-16H,4-5,10-12H2,1-3H3,(H,22,23). The summed E-state index contributed by atoms with van der Waals surface area (Å²) in [6.45, 7) is 9.07. The molecule has 0 radical (unpaired) electrons. The average molecular weight is 318 g/mol. The van der Waals surface area contributed by atoms with Crippen LogP contribution < -0.4 is 0 Å². The van der Waals surface area contributed by atoms with E-state index in [1.807, 2.05) is 31.2 Å². The fourth-order valence-electron chi connectivity index (χ4n) is 3.10. The number of nitrogens with zero attached hydrogens (tertiary/aromatic N) is 2. The van der Waals surface area contributed by atoms with Crippen LogP contribution in [0, 0.1) is 12.8 Å². The van der Waals surface area contributed by atoms with Crippen molar-refractivity contribution < 1.29 is 14.7 Å². The molecule has 126 valence electrons. The summed E-state index contributed by atoms with van der Waals surface area (Å²) < 4.78 is 0. The lowest BCUT2D eigenvalue weighted by atomic mass is 10.0. The number of amides is 1. The van der Waals surface area contributed by atoms with E-state index in [2.05, 4.69) is 18.7 Å². The normalized spacial score (nSPS) is 19.4. The lowest BCUT2D eigenvalue weighted by molar-refractivity contribution is -0.141. The Balaban J connectivity index is 2.27. The first kappa shape index (κ1) is 17.5. The van der Waals surface area contributed by atoms with E-state index in [0.29, 0.717) is 6.54 Å². The second-order valence-corrected chi connectivity index (χ2v) is 6.20. The number of aliphatic carboxylic acids is 1. The zero-order chi connectivity index (χ0) is 17.0. The van der Waals surface area contributed by atoms with Crippen LogP contribution in [-0.2, 0) is 9.59 Å². The highest BCUT2D eigenvalue weighted by Gasteiger charge is 2.38. The number of aryl methyl sites for hydroxylation is 1. The summed E-state index contributed by atoms with van der Waals surface area (Å²) in [6, 6.07) is 8.09. The Kier molecular flexibility index (Phi) is 5.77. The van der Waals surface area contributed by atoms with Gasteiger partial charge in [0.2, 0.25) is 5.91 Å². The van der Waals surface area contributed by atoms with Gasteiger partial charge in [0.15, 0.2) is 0 Å². The quantitative estimate of drug-likeness (QED) is 0.838. The van der Waals surface area contributed by atoms with Crippen LogP contribution in [0.5, 0.6) is 0 Å². The van der Waals surface area contributed by atoms with E-state index in [4.69, 9.17) is 0 Å². The number of likely N-dealkylation sites (tertiary alicyclic amines) is 1. The van der Waals surface area contributed by atoms with Crippen LogP contribution in [0.15, 0.2) is 24.3 Å². The van der Waals surface area contributed by atoms with Crippen LogP contribution >= 0.6 is 0 Å². The molecule has 1 aromatic rings. The number of hydrogen-bond acceptors (Lipinski definition) is 3. The SMILES string of the molecule is CCN(CC)CC(c1ccc(C)cc1)N1CC(C(=O)O)CC1=O. The van der Waals surface area contributed by atoms with Crippen molar-refractivity contribution in [3.05, 3.63) is 35.4 Å². The van der Waals surface area contributed by atoms with Gasteiger partial charge in [-0.2, -0.15) is 0 Å². The maximum absolute atomic E-state index is 12.4. The topological polar surface area (TPSA) is 60.9 Å². The van der Waals surface area contributed by atoms with Gasteiger partial charge in [0.1, 0.15) is 0 Å². The third-order valence-electron chi connectivity index (χ3n) is 4.67. The van der Waals surface area contributed by atoms with Crippen LogP contribution in [0.1, 0.15) is 37.4 Å². The molecular weight excluding hydrogens is 292 g/mol. The highest BCUT2D eigenvalue weighted by molar-refractivity contribution is 5.86. The molecule has 2 rings (SSSR count). The first-order valence-corrected chi connectivity index (χ1v) is 8.27. The molecule has 5 heteroatoms. The zero-order valence-electron chi connectivity index (χ0n) is 14.2. The number of carboxylic acid groups (broad SMARTS) is 1. The minimum absolute atomic E-state index is 0.0601. The van der Waals surface area contributed by atoms with Crippen LogP contribution in [-0.4, -0.2) is 53.0 Å². The Morgan fingerprint density at radius 1 is 1.30 bits per heavy atom. The summed E-state index contributed by atoms with van der Waals surface area (Å²) in [5.74, 6) is -1.53. The number of hydrogen-bond donors (Lipinski definition) is 1. The first-order valence-electron chi connectivity index (χ1n) is 8.27. The molecule has 2 unspecified atom stereocenters. The van der Waals surface area contributed by atoms with Gasteiger partial charge in [-0.3, -0.25) is 9.59 Å². The summed E-state index contributed by atoms with van der Waals surface area (Å²) >= 11 is 0. The zero-order valence-corrected chi connectivity index (χ0v) is 14.2. The average Bonchev–Trinajstić information content (AvgIpc) is 2.92. The molecular formula is C18H26N2O3. The number of likely N-dealkylation sites (N-methyl/N-ethyl adjacent to an activating group) is 1. The van der Waals surface area contributed by atoms with Crippen molar-refractivity contribution in [2.75, 3.05) is 26.2 Å². The van der Waals surface area contributed by atoms with Crippen molar-refractivity contribution in [2.24, 2.45) is 5.92 Å². The molecule has 1 amide bonds. The van der Waals surface area contributed by atoms with Gasteiger partial charge in [-0.05, 0) is 25.6 Å². The van der Waals surface area contributed by atoms with Gasteiger partial charge in [-0.25, -0.2) is 0 Å². The van der Waals surface area contributed by atoms with Gasteiger partial charge < -0.3 is 14.9 Å². The Morgan fingerprint density at radius 2 is 1.91 bits per heavy atom. The molecule has 0 spiro atoms. The van der Waals surface area contributed by atoms with Gasteiger partial charge >= 0.3 is 5.97 Å². The molecule has 0 aliphatic carbocycles. The molecule has 0 saturated carbocycles. The van der Waals surface area contributed by atoms with Crippen molar-refractivity contribution in [3.8, 4) is 0 Å². The second kappa shape index (κ2) is 7.59. The maximum atomic E-state index is 12.4. The number of benzene rings is 1. The number of carbonyl (C=O) groups is 2.